The summed E-state index contributed by atoms with van der Waals surface area (Å²) in [4.78, 5) is 17.8. The fraction of sp³-hybridized carbons (Fsp3) is 0.250. The topological polar surface area (TPSA) is 84.8 Å². The van der Waals surface area contributed by atoms with Gasteiger partial charge in [0.1, 0.15) is 5.70 Å². The van der Waals surface area contributed by atoms with Crippen LogP contribution in [0.25, 0.3) is 5.70 Å². The number of rotatable bonds is 4. The number of benzene rings is 2. The fourth-order valence-corrected chi connectivity index (χ4v) is 3.75. The molecule has 0 saturated carbocycles. The van der Waals surface area contributed by atoms with Crippen molar-refractivity contribution >= 4 is 28.5 Å². The fourth-order valence-electron chi connectivity index (χ4n) is 3.39. The van der Waals surface area contributed by atoms with Crippen molar-refractivity contribution in [2.45, 2.75) is 6.17 Å². The van der Waals surface area contributed by atoms with Crippen molar-refractivity contribution in [2.75, 3.05) is 27.6 Å². The summed E-state index contributed by atoms with van der Waals surface area (Å²) in [5.41, 5.74) is 1.21. The van der Waals surface area contributed by atoms with Gasteiger partial charge in [-0.05, 0) is 24.5 Å². The number of amidine groups is 1. The zero-order chi connectivity index (χ0) is 20.5. The number of ether oxygens (including phenoxy) is 3. The normalized spacial score (nSPS) is 17.4. The number of nitrogens with one attached hydrogen (secondary N) is 1. The Kier molecular flexibility index (Phi) is 5.06. The van der Waals surface area contributed by atoms with E-state index >= 15 is 0 Å². The van der Waals surface area contributed by atoms with E-state index in [1.807, 2.05) is 42.7 Å². The number of hydrogen-bond donors (Lipinski definition) is 1. The molecule has 1 N–H and O–H groups in total. The van der Waals surface area contributed by atoms with E-state index in [0.29, 0.717) is 28.1 Å². The summed E-state index contributed by atoms with van der Waals surface area (Å²) in [6.07, 6.45) is 1.29. The van der Waals surface area contributed by atoms with E-state index < -0.39 is 6.17 Å². The predicted octanol–water partition coefficient (Wildman–Crippen LogP) is 1.22. The highest BCUT2D eigenvalue weighted by Crippen LogP contribution is 2.42. The molecule has 1 amide bonds. The van der Waals surface area contributed by atoms with E-state index in [1.165, 1.54) is 11.8 Å². The van der Waals surface area contributed by atoms with E-state index in [9.17, 15) is 4.79 Å². The van der Waals surface area contributed by atoms with E-state index in [1.54, 1.807) is 26.3 Å². The van der Waals surface area contributed by atoms with Gasteiger partial charge in [-0.1, -0.05) is 30.0 Å². The molecule has 0 aliphatic carbocycles. The molecule has 2 aromatic carbocycles. The third-order valence-electron chi connectivity index (χ3n) is 4.69. The zero-order valence-electron chi connectivity index (χ0n) is 16.4. The number of amides is 1. The van der Waals surface area contributed by atoms with Crippen molar-refractivity contribution in [3.05, 3.63) is 52.5 Å². The van der Waals surface area contributed by atoms with Crippen LogP contribution in [0.4, 0.5) is 0 Å². The van der Waals surface area contributed by atoms with E-state index in [0.717, 1.165) is 16.1 Å². The first kappa shape index (κ1) is 19.1. The molecule has 0 spiro atoms. The third kappa shape index (κ3) is 3.17. The molecule has 0 radical (unpaired) electrons. The van der Waals surface area contributed by atoms with Gasteiger partial charge in [0.2, 0.25) is 5.75 Å². The second-order valence-electron chi connectivity index (χ2n) is 6.24. The van der Waals surface area contributed by atoms with Crippen LogP contribution >= 0.6 is 11.8 Å². The molecular weight excluding hydrogens is 392 g/mol. The number of hydrazone groups is 1. The van der Waals surface area contributed by atoms with E-state index in [-0.39, 0.29) is 5.91 Å². The molecule has 2 aliphatic rings. The van der Waals surface area contributed by atoms with Crippen LogP contribution in [0.1, 0.15) is 11.7 Å². The van der Waals surface area contributed by atoms with Crippen LogP contribution in [0.2, 0.25) is 0 Å². The molecule has 0 saturated heterocycles. The highest BCUT2D eigenvalue weighted by molar-refractivity contribution is 8.13. The number of fused-ring (bicyclic) bond motifs is 2. The van der Waals surface area contributed by atoms with Crippen molar-refractivity contribution in [3.63, 3.8) is 0 Å². The highest BCUT2D eigenvalue weighted by Gasteiger charge is 2.35. The Hall–Kier alpha value is -3.20. The summed E-state index contributed by atoms with van der Waals surface area (Å²) in [6, 6.07) is 11.2. The molecule has 0 aromatic heterocycles. The van der Waals surface area contributed by atoms with Crippen molar-refractivity contribution in [2.24, 2.45) is 10.1 Å². The number of thioether (sulfide) groups is 1. The van der Waals surface area contributed by atoms with Crippen LogP contribution in [0.15, 0.2) is 46.5 Å². The minimum atomic E-state index is -0.568. The third-order valence-corrected chi connectivity index (χ3v) is 5.26. The van der Waals surface area contributed by atoms with Crippen LogP contribution in [0.5, 0.6) is 17.2 Å². The number of methoxy groups -OCH3 is 3. The minimum Gasteiger partial charge on any atom is -0.493 e. The standard InChI is InChI=1S/C20H20N4O4S/c1-26-14-9-11(10-15(27-2)17(14)28-3)18-21-13-8-6-5-7-12(13)16-19(25)22-20(29-4)23-24(16)18/h5-10,18H,1-4H3,(H,22,23,25)/t18-/m0/s1. The number of carbonyl (C=O) groups is 1. The van der Waals surface area contributed by atoms with Crippen molar-refractivity contribution in [3.8, 4) is 17.2 Å². The first-order chi connectivity index (χ1) is 14.1. The van der Waals surface area contributed by atoms with Crippen LogP contribution in [-0.2, 0) is 4.79 Å². The van der Waals surface area contributed by atoms with Gasteiger partial charge in [0.15, 0.2) is 22.8 Å². The molecule has 4 rings (SSSR count). The number of hydrogen-bond acceptors (Lipinski definition) is 8. The maximum atomic E-state index is 12.9. The lowest BCUT2D eigenvalue weighted by molar-refractivity contribution is -0.116. The van der Waals surface area contributed by atoms with Crippen LogP contribution < -0.4 is 30.1 Å². The smallest absolute Gasteiger partial charge is 0.276 e. The van der Waals surface area contributed by atoms with Gasteiger partial charge >= 0.3 is 0 Å². The monoisotopic (exact) mass is 412 g/mol. The van der Waals surface area contributed by atoms with Gasteiger partial charge in [-0.3, -0.25) is 15.1 Å². The van der Waals surface area contributed by atoms with Crippen LogP contribution in [0.3, 0.4) is 0 Å². The first-order valence-electron chi connectivity index (χ1n) is 8.81. The molecule has 0 unspecified atom stereocenters. The van der Waals surface area contributed by atoms with Gasteiger partial charge in [0.25, 0.3) is 5.91 Å². The van der Waals surface area contributed by atoms with Crippen molar-refractivity contribution in [1.29, 1.82) is 0 Å². The largest absolute Gasteiger partial charge is 0.493 e. The Balaban J connectivity index is 1.97. The van der Waals surface area contributed by atoms with Gasteiger partial charge < -0.3 is 14.2 Å². The van der Waals surface area contributed by atoms with Gasteiger partial charge in [-0.25, -0.2) is 5.01 Å². The maximum absolute atomic E-state index is 12.9. The molecule has 1 atom stereocenters. The SMILES string of the molecule is COc1cc([C@H]2N=c3ccccc3=C3C(=O)NC(SC)=NN32)cc(OC)c1OC. The number of nitrogens with zero attached hydrogens (tertiary/aromatic N) is 3. The summed E-state index contributed by atoms with van der Waals surface area (Å²) in [7, 11) is 4.67. The quantitative estimate of drug-likeness (QED) is 0.813. The molecule has 150 valence electrons. The van der Waals surface area contributed by atoms with E-state index in [2.05, 4.69) is 10.4 Å². The minimum absolute atomic E-state index is 0.218. The summed E-state index contributed by atoms with van der Waals surface area (Å²) in [5.74, 6) is 1.29. The summed E-state index contributed by atoms with van der Waals surface area (Å²) < 4.78 is 16.4. The maximum Gasteiger partial charge on any atom is 0.276 e. The number of para-hydroxylation sites is 1. The van der Waals surface area contributed by atoms with E-state index in [4.69, 9.17) is 19.2 Å². The average molecular weight is 412 g/mol. The lowest BCUT2D eigenvalue weighted by Crippen LogP contribution is -2.50. The van der Waals surface area contributed by atoms with Gasteiger partial charge in [-0.15, -0.1) is 5.10 Å². The lowest BCUT2D eigenvalue weighted by Gasteiger charge is -2.34. The Bertz CT molecular complexity index is 1110. The lowest BCUT2D eigenvalue weighted by atomic mass is 10.1. The van der Waals surface area contributed by atoms with Crippen LogP contribution in [0, 0.1) is 0 Å². The first-order valence-corrected chi connectivity index (χ1v) is 10.0. The molecule has 2 aliphatic heterocycles. The van der Waals surface area contributed by atoms with Crippen LogP contribution in [-0.4, -0.2) is 43.7 Å². The summed E-state index contributed by atoms with van der Waals surface area (Å²) in [5, 5.41) is 11.0. The summed E-state index contributed by atoms with van der Waals surface area (Å²) in [6.45, 7) is 0. The van der Waals surface area contributed by atoms with Crippen molar-refractivity contribution in [1.82, 2.24) is 10.3 Å². The molecular formula is C20H20N4O4S. The second kappa shape index (κ2) is 7.67. The summed E-state index contributed by atoms with van der Waals surface area (Å²) >= 11 is 1.36. The Morgan fingerprint density at radius 1 is 1.07 bits per heavy atom. The Labute approximate surface area is 171 Å². The highest BCUT2D eigenvalue weighted by atomic mass is 32.2. The average Bonchev–Trinajstić information content (AvgIpc) is 2.76. The second-order valence-corrected chi connectivity index (χ2v) is 7.03. The van der Waals surface area contributed by atoms with Gasteiger partial charge in [0, 0.05) is 10.8 Å². The molecule has 2 heterocycles. The molecule has 0 bridgehead atoms. The number of carbonyl (C=O) groups excluding carboxylic acids is 1. The molecule has 9 heteroatoms. The Morgan fingerprint density at radius 2 is 1.76 bits per heavy atom. The van der Waals surface area contributed by atoms with Gasteiger partial charge in [0.05, 0.1) is 26.7 Å². The van der Waals surface area contributed by atoms with Crippen molar-refractivity contribution < 1.29 is 19.0 Å². The molecule has 8 nitrogen and oxygen atoms in total. The molecule has 0 fully saturated rings. The molecule has 29 heavy (non-hydrogen) atoms. The van der Waals surface area contributed by atoms with Gasteiger partial charge in [-0.2, -0.15) is 0 Å². The zero-order valence-corrected chi connectivity index (χ0v) is 17.2. The Morgan fingerprint density at radius 3 is 2.38 bits per heavy atom. The predicted molar refractivity (Wildman–Crippen MR) is 110 cm³/mol. The molecule has 2 aromatic rings.